The Bertz CT molecular complexity index is 134. The van der Waals surface area contributed by atoms with Crippen molar-refractivity contribution in [1.82, 2.24) is 0 Å². The van der Waals surface area contributed by atoms with E-state index < -0.39 is 0 Å². The van der Waals surface area contributed by atoms with Gasteiger partial charge in [0.2, 0.25) is 0 Å². The molecule has 0 unspecified atom stereocenters. The van der Waals surface area contributed by atoms with E-state index in [4.69, 9.17) is 0 Å². The first-order valence-electron chi connectivity index (χ1n) is 2.30. The molecule has 1 aromatic heterocycles. The molecule has 0 saturated carbocycles. The molecule has 0 radical (unpaired) electrons. The molecular weight excluding hydrogens is 98.1 g/mol. The highest BCUT2D eigenvalue weighted by molar-refractivity contribution is 4.83. The molecule has 1 heterocycles. The molecule has 1 heteroatoms. The normalized spacial score (nSPS) is 7.62. The van der Waals surface area contributed by atoms with Crippen molar-refractivity contribution in [3.8, 4) is 0 Å². The van der Waals surface area contributed by atoms with Gasteiger partial charge in [0.1, 0.15) is 7.05 Å². The van der Waals surface area contributed by atoms with E-state index in [2.05, 4.69) is 0 Å². The maximum atomic E-state index is 2.00. The van der Waals surface area contributed by atoms with Gasteiger partial charge in [0.15, 0.2) is 12.4 Å². The van der Waals surface area contributed by atoms with Gasteiger partial charge >= 0.3 is 0 Å². The van der Waals surface area contributed by atoms with Crippen LogP contribution in [0.15, 0.2) is 30.6 Å². The van der Waals surface area contributed by atoms with Crippen LogP contribution in [0.3, 0.4) is 0 Å². The van der Waals surface area contributed by atoms with Crippen molar-refractivity contribution in [2.45, 2.75) is 7.43 Å². The zero-order chi connectivity index (χ0) is 5.11. The van der Waals surface area contributed by atoms with Gasteiger partial charge in [0.25, 0.3) is 0 Å². The zero-order valence-corrected chi connectivity index (χ0v) is 4.33. The Labute approximate surface area is 50.6 Å². The van der Waals surface area contributed by atoms with Crippen LogP contribution in [0.5, 0.6) is 0 Å². The number of aromatic nitrogens is 1. The third-order valence-electron chi connectivity index (χ3n) is 0.865. The lowest BCUT2D eigenvalue weighted by Gasteiger charge is -1.77. The van der Waals surface area contributed by atoms with Crippen LogP contribution in [-0.4, -0.2) is 0 Å². The van der Waals surface area contributed by atoms with Crippen molar-refractivity contribution < 1.29 is 4.57 Å². The highest BCUT2D eigenvalue weighted by Crippen LogP contribution is 1.71. The second-order valence-electron chi connectivity index (χ2n) is 1.54. The Kier molecular flexibility index (Phi) is 2.85. The lowest BCUT2D eigenvalue weighted by Crippen LogP contribution is -2.25. The van der Waals surface area contributed by atoms with E-state index in [1.54, 1.807) is 0 Å². The number of rotatable bonds is 0. The number of hydrogen-bond donors (Lipinski definition) is 0. The molecule has 0 aliphatic carbocycles. The quantitative estimate of drug-likeness (QED) is 0.441. The van der Waals surface area contributed by atoms with Crippen LogP contribution in [0.25, 0.3) is 0 Å². The summed E-state index contributed by atoms with van der Waals surface area (Å²) < 4.78 is 2.00. The van der Waals surface area contributed by atoms with Crippen molar-refractivity contribution in [3.05, 3.63) is 30.6 Å². The van der Waals surface area contributed by atoms with Gasteiger partial charge in [-0.1, -0.05) is 13.5 Å². The van der Waals surface area contributed by atoms with Gasteiger partial charge in [-0.15, -0.1) is 0 Å². The van der Waals surface area contributed by atoms with Gasteiger partial charge < -0.3 is 0 Å². The first kappa shape index (κ1) is 7.15. The smallest absolute Gasteiger partial charge is 0.168 e. The van der Waals surface area contributed by atoms with Gasteiger partial charge in [-0.25, -0.2) is 4.57 Å². The molecule has 1 rings (SSSR count). The second kappa shape index (κ2) is 3.19. The van der Waals surface area contributed by atoms with Crippen LogP contribution in [0.4, 0.5) is 0 Å². The van der Waals surface area contributed by atoms with Crippen LogP contribution in [-0.2, 0) is 7.05 Å². The standard InChI is InChI=1S/C6H8N.CH4/c1-7-5-3-2-4-6-7;/h2-6H,1H3;1H4/q+1;. The average Bonchev–Trinajstić information content (AvgIpc) is 1.69. The third kappa shape index (κ3) is 1.73. The number of hydrogen-bond acceptors (Lipinski definition) is 0. The van der Waals surface area contributed by atoms with Crippen LogP contribution in [0, 0.1) is 0 Å². The minimum Gasteiger partial charge on any atom is -0.208 e. The second-order valence-corrected chi connectivity index (χ2v) is 1.54. The van der Waals surface area contributed by atoms with Gasteiger partial charge in [-0.2, -0.15) is 0 Å². The summed E-state index contributed by atoms with van der Waals surface area (Å²) in [5.41, 5.74) is 0. The van der Waals surface area contributed by atoms with E-state index >= 15 is 0 Å². The zero-order valence-electron chi connectivity index (χ0n) is 4.33. The van der Waals surface area contributed by atoms with E-state index in [0.29, 0.717) is 0 Å². The Morgan fingerprint density at radius 1 is 1.00 bits per heavy atom. The predicted octanol–water partition coefficient (Wildman–Crippen LogP) is 1.15. The summed E-state index contributed by atoms with van der Waals surface area (Å²) in [7, 11) is 2.00. The maximum absolute atomic E-state index is 2.00. The van der Waals surface area contributed by atoms with Gasteiger partial charge in [-0.05, 0) is 0 Å². The van der Waals surface area contributed by atoms with E-state index in [1.165, 1.54) is 0 Å². The largest absolute Gasteiger partial charge is 0.208 e. The summed E-state index contributed by atoms with van der Waals surface area (Å²) in [5, 5.41) is 0. The first-order chi connectivity index (χ1) is 3.39. The number of aryl methyl sites for hydroxylation is 1. The monoisotopic (exact) mass is 110 g/mol. The van der Waals surface area contributed by atoms with Crippen LogP contribution < -0.4 is 4.57 Å². The van der Waals surface area contributed by atoms with Crippen molar-refractivity contribution in [3.63, 3.8) is 0 Å². The molecule has 0 atom stereocenters. The number of pyridine rings is 1. The van der Waals surface area contributed by atoms with E-state index in [1.807, 2.05) is 42.2 Å². The summed E-state index contributed by atoms with van der Waals surface area (Å²) >= 11 is 0. The Balaban J connectivity index is 0.000000490. The minimum atomic E-state index is 0. The molecule has 0 amide bonds. The Hall–Kier alpha value is -0.850. The molecule has 0 N–H and O–H groups in total. The predicted molar refractivity (Wildman–Crippen MR) is 34.3 cm³/mol. The molecule has 0 aliphatic rings. The summed E-state index contributed by atoms with van der Waals surface area (Å²) in [6.07, 6.45) is 4.00. The molecule has 44 valence electrons. The average molecular weight is 110 g/mol. The molecule has 0 fully saturated rings. The van der Waals surface area contributed by atoms with Crippen molar-refractivity contribution in [2.24, 2.45) is 7.05 Å². The van der Waals surface area contributed by atoms with Crippen LogP contribution in [0.2, 0.25) is 0 Å². The minimum absolute atomic E-state index is 0. The maximum Gasteiger partial charge on any atom is 0.168 e. The molecule has 0 aliphatic heterocycles. The molecule has 0 aromatic carbocycles. The fourth-order valence-electron chi connectivity index (χ4n) is 0.485. The summed E-state index contributed by atoms with van der Waals surface area (Å²) in [4.78, 5) is 0. The fraction of sp³-hybridized carbons (Fsp3) is 0.286. The van der Waals surface area contributed by atoms with Crippen molar-refractivity contribution in [1.29, 1.82) is 0 Å². The van der Waals surface area contributed by atoms with Gasteiger partial charge in [0.05, 0.1) is 0 Å². The SMILES string of the molecule is C.C[n+]1ccccc1. The Morgan fingerprint density at radius 3 is 1.75 bits per heavy atom. The topological polar surface area (TPSA) is 3.88 Å². The first-order valence-corrected chi connectivity index (χ1v) is 2.30. The summed E-state index contributed by atoms with van der Waals surface area (Å²) in [6.45, 7) is 0. The van der Waals surface area contributed by atoms with Gasteiger partial charge in [0, 0.05) is 12.1 Å². The highest BCUT2D eigenvalue weighted by Gasteiger charge is 1.78. The Morgan fingerprint density at radius 2 is 1.50 bits per heavy atom. The summed E-state index contributed by atoms with van der Waals surface area (Å²) in [6, 6.07) is 6.00. The molecule has 8 heavy (non-hydrogen) atoms. The molecule has 0 bridgehead atoms. The fourth-order valence-corrected chi connectivity index (χ4v) is 0.485. The van der Waals surface area contributed by atoms with Crippen molar-refractivity contribution >= 4 is 0 Å². The van der Waals surface area contributed by atoms with Gasteiger partial charge in [-0.3, -0.25) is 0 Å². The van der Waals surface area contributed by atoms with E-state index in [0.717, 1.165) is 0 Å². The molecule has 0 spiro atoms. The third-order valence-corrected chi connectivity index (χ3v) is 0.865. The molecule has 1 nitrogen and oxygen atoms in total. The van der Waals surface area contributed by atoms with Crippen LogP contribution in [0.1, 0.15) is 7.43 Å². The van der Waals surface area contributed by atoms with E-state index in [-0.39, 0.29) is 7.43 Å². The lowest BCUT2D eigenvalue weighted by atomic mass is 10.5. The molecule has 0 saturated heterocycles. The van der Waals surface area contributed by atoms with Crippen LogP contribution >= 0.6 is 0 Å². The summed E-state index contributed by atoms with van der Waals surface area (Å²) in [5.74, 6) is 0. The van der Waals surface area contributed by atoms with Crippen molar-refractivity contribution in [2.75, 3.05) is 0 Å². The molecular formula is C7H12N+. The van der Waals surface area contributed by atoms with E-state index in [9.17, 15) is 0 Å². The number of nitrogens with zero attached hydrogens (tertiary/aromatic N) is 1. The lowest BCUT2D eigenvalue weighted by molar-refractivity contribution is -0.671. The highest BCUT2D eigenvalue weighted by atomic mass is 14.9. The molecule has 1 aromatic rings.